The second-order valence-electron chi connectivity index (χ2n) is 9.48. The van der Waals surface area contributed by atoms with Crippen LogP contribution < -0.4 is 0 Å². The van der Waals surface area contributed by atoms with Crippen molar-refractivity contribution >= 4 is 28.8 Å². The maximum Gasteiger partial charge on any atom is 0.410 e. The molecule has 1 saturated heterocycles. The third-order valence-corrected chi connectivity index (χ3v) is 8.72. The molecule has 34 heavy (non-hydrogen) atoms. The second-order valence-corrected chi connectivity index (χ2v) is 10.6. The molecule has 1 fully saturated rings. The molecule has 6 rings (SSSR count). The summed E-state index contributed by atoms with van der Waals surface area (Å²) in [5.41, 5.74) is 6.20. The van der Waals surface area contributed by atoms with Gasteiger partial charge in [-0.15, -0.1) is 11.3 Å². The lowest BCUT2D eigenvalue weighted by Crippen LogP contribution is -2.51. The number of ether oxygens (including phenoxy) is 1. The average molecular weight is 470 g/mol. The first-order valence-corrected chi connectivity index (χ1v) is 12.9. The molecule has 5 heteroatoms. The Morgan fingerprint density at radius 3 is 2.32 bits per heavy atom. The molecule has 0 saturated carbocycles. The Labute approximate surface area is 203 Å². The van der Waals surface area contributed by atoms with Gasteiger partial charge in [-0.1, -0.05) is 54.6 Å². The Morgan fingerprint density at radius 2 is 1.68 bits per heavy atom. The zero-order valence-electron chi connectivity index (χ0n) is 19.2. The molecule has 2 atom stereocenters. The van der Waals surface area contributed by atoms with Crippen molar-refractivity contribution in [3.8, 4) is 11.1 Å². The minimum atomic E-state index is -0.206. The first-order valence-electron chi connectivity index (χ1n) is 12.1. The molecule has 3 aliphatic rings. The van der Waals surface area contributed by atoms with E-state index in [0.29, 0.717) is 6.61 Å². The highest BCUT2D eigenvalue weighted by atomic mass is 32.1. The summed E-state index contributed by atoms with van der Waals surface area (Å²) in [5.74, 6) is 0.177. The molecule has 2 bridgehead atoms. The normalized spacial score (nSPS) is 21.0. The summed E-state index contributed by atoms with van der Waals surface area (Å²) in [7, 11) is 0. The van der Waals surface area contributed by atoms with E-state index < -0.39 is 0 Å². The van der Waals surface area contributed by atoms with Crippen LogP contribution in [0.1, 0.15) is 64.2 Å². The number of carbonyl (C=O) groups is 2. The molecule has 3 heterocycles. The highest BCUT2D eigenvalue weighted by Gasteiger charge is 2.39. The summed E-state index contributed by atoms with van der Waals surface area (Å²) in [5, 5.41) is 0. The van der Waals surface area contributed by atoms with Gasteiger partial charge in [0, 0.05) is 16.8 Å². The number of rotatable bonds is 4. The Balaban J connectivity index is 1.21. The maximum atomic E-state index is 13.4. The van der Waals surface area contributed by atoms with Crippen LogP contribution in [0, 0.1) is 0 Å². The van der Waals surface area contributed by atoms with Gasteiger partial charge in [0.05, 0.1) is 10.9 Å². The van der Waals surface area contributed by atoms with Gasteiger partial charge in [-0.25, -0.2) is 4.79 Å². The molecule has 4 nitrogen and oxygen atoms in total. The number of carbonyl (C=O) groups excluding carboxylic acids is 2. The Hall–Kier alpha value is -3.18. The molecule has 0 radical (unpaired) electrons. The number of piperidine rings is 1. The van der Waals surface area contributed by atoms with Crippen LogP contribution in [-0.4, -0.2) is 35.5 Å². The molecule has 0 spiro atoms. The van der Waals surface area contributed by atoms with E-state index in [4.69, 9.17) is 4.74 Å². The fraction of sp³-hybridized carbons (Fsp3) is 0.310. The Kier molecular flexibility index (Phi) is 5.37. The van der Waals surface area contributed by atoms with Gasteiger partial charge in [-0.05, 0) is 72.6 Å². The molecule has 2 aromatic carbocycles. The van der Waals surface area contributed by atoms with Gasteiger partial charge in [-0.2, -0.15) is 0 Å². The number of hydrogen-bond donors (Lipinski definition) is 0. The van der Waals surface area contributed by atoms with E-state index >= 15 is 0 Å². The summed E-state index contributed by atoms with van der Waals surface area (Å²) in [6, 6.07) is 21.0. The number of nitrogens with zero attached hydrogens (tertiary/aromatic N) is 1. The van der Waals surface area contributed by atoms with E-state index in [-0.39, 0.29) is 29.9 Å². The Morgan fingerprint density at radius 1 is 0.971 bits per heavy atom. The van der Waals surface area contributed by atoms with Crippen molar-refractivity contribution in [3.63, 3.8) is 0 Å². The molecular formula is C29H27NO3S. The monoisotopic (exact) mass is 469 g/mol. The van der Waals surface area contributed by atoms with Crippen molar-refractivity contribution in [1.29, 1.82) is 0 Å². The van der Waals surface area contributed by atoms with Crippen LogP contribution >= 0.6 is 11.3 Å². The van der Waals surface area contributed by atoms with E-state index in [0.717, 1.165) is 35.4 Å². The largest absolute Gasteiger partial charge is 0.448 e. The predicted octanol–water partition coefficient (Wildman–Crippen LogP) is 6.91. The van der Waals surface area contributed by atoms with Crippen LogP contribution in [0.3, 0.4) is 0 Å². The standard InChI is InChI=1S/C29H27NO3S/c1-18(31)27-13-14-28(34-27)19-15-20-7-6-8-21(16-19)30(20)29(32)33-17-26-24-11-4-2-9-22(24)23-10-3-5-12-25(23)26/h2-5,9-15,20-21,26H,6-8,16-17H2,1H3. The second kappa shape index (κ2) is 8.55. The first kappa shape index (κ1) is 21.4. The SMILES string of the molecule is CC(=O)c1ccc(C2=CC3CCCC(C2)N3C(=O)OCC2c3ccccc3-c3ccccc32)s1. The molecular weight excluding hydrogens is 442 g/mol. The molecule has 1 amide bonds. The van der Waals surface area contributed by atoms with Gasteiger partial charge in [0.1, 0.15) is 6.61 Å². The lowest BCUT2D eigenvalue weighted by molar-refractivity contribution is 0.0539. The highest BCUT2D eigenvalue weighted by molar-refractivity contribution is 7.15. The topological polar surface area (TPSA) is 46.6 Å². The fourth-order valence-corrected chi connectivity index (χ4v) is 6.80. The number of Topliss-reactive ketones (excluding diaryl/α,β-unsaturated/α-hetero) is 1. The third-order valence-electron chi connectivity index (χ3n) is 7.45. The van der Waals surface area contributed by atoms with Crippen molar-refractivity contribution in [1.82, 2.24) is 4.90 Å². The summed E-state index contributed by atoms with van der Waals surface area (Å²) in [4.78, 5) is 29.0. The lowest BCUT2D eigenvalue weighted by Gasteiger charge is -2.44. The average Bonchev–Trinajstić information content (AvgIpc) is 3.46. The number of benzene rings is 2. The lowest BCUT2D eigenvalue weighted by atomic mass is 9.85. The van der Waals surface area contributed by atoms with E-state index in [9.17, 15) is 9.59 Å². The van der Waals surface area contributed by atoms with Crippen LogP contribution in [0.2, 0.25) is 0 Å². The van der Waals surface area contributed by atoms with Gasteiger partial charge >= 0.3 is 6.09 Å². The van der Waals surface area contributed by atoms with Crippen molar-refractivity contribution in [2.24, 2.45) is 0 Å². The van der Waals surface area contributed by atoms with E-state index in [1.807, 2.05) is 17.0 Å². The highest BCUT2D eigenvalue weighted by Crippen LogP contribution is 2.45. The first-order chi connectivity index (χ1) is 16.6. The summed E-state index contributed by atoms with van der Waals surface area (Å²) >= 11 is 1.56. The van der Waals surface area contributed by atoms with Crippen LogP contribution in [0.25, 0.3) is 16.7 Å². The van der Waals surface area contributed by atoms with Crippen molar-refractivity contribution in [2.45, 2.75) is 50.6 Å². The summed E-state index contributed by atoms with van der Waals surface area (Å²) < 4.78 is 6.01. The van der Waals surface area contributed by atoms with E-state index in [2.05, 4.69) is 54.6 Å². The molecule has 2 unspecified atom stereocenters. The zero-order chi connectivity index (χ0) is 23.2. The molecule has 1 aromatic heterocycles. The van der Waals surface area contributed by atoms with E-state index in [1.54, 1.807) is 18.3 Å². The van der Waals surface area contributed by atoms with Gasteiger partial charge in [0.25, 0.3) is 0 Å². The van der Waals surface area contributed by atoms with Crippen molar-refractivity contribution in [2.75, 3.05) is 6.61 Å². The summed E-state index contributed by atoms with van der Waals surface area (Å²) in [6.07, 6.45) is 5.90. The number of fused-ring (bicyclic) bond motifs is 5. The quantitative estimate of drug-likeness (QED) is 0.390. The molecule has 3 aromatic rings. The molecule has 1 aliphatic carbocycles. The van der Waals surface area contributed by atoms with Crippen LogP contribution in [-0.2, 0) is 4.74 Å². The smallest absolute Gasteiger partial charge is 0.410 e. The molecule has 0 N–H and O–H groups in total. The Bertz CT molecular complexity index is 1260. The number of thiophene rings is 1. The molecule has 172 valence electrons. The predicted molar refractivity (Wildman–Crippen MR) is 135 cm³/mol. The van der Waals surface area contributed by atoms with Crippen molar-refractivity contribution in [3.05, 3.63) is 87.6 Å². The molecule has 2 aliphatic heterocycles. The van der Waals surface area contributed by atoms with Gasteiger partial charge < -0.3 is 4.74 Å². The van der Waals surface area contributed by atoms with Gasteiger partial charge in [0.15, 0.2) is 5.78 Å². The summed E-state index contributed by atoms with van der Waals surface area (Å²) in [6.45, 7) is 1.96. The van der Waals surface area contributed by atoms with Crippen LogP contribution in [0.5, 0.6) is 0 Å². The van der Waals surface area contributed by atoms with E-state index in [1.165, 1.54) is 27.8 Å². The van der Waals surface area contributed by atoms with Crippen LogP contribution in [0.4, 0.5) is 4.79 Å². The van der Waals surface area contributed by atoms with Crippen molar-refractivity contribution < 1.29 is 14.3 Å². The third kappa shape index (κ3) is 3.59. The number of hydrogen-bond acceptors (Lipinski definition) is 4. The van der Waals surface area contributed by atoms with Crippen LogP contribution in [0.15, 0.2) is 66.7 Å². The fourth-order valence-electron chi connectivity index (χ4n) is 5.87. The minimum Gasteiger partial charge on any atom is -0.448 e. The maximum absolute atomic E-state index is 13.4. The number of ketones is 1. The zero-order valence-corrected chi connectivity index (χ0v) is 20.0. The minimum absolute atomic E-state index is 0.0565. The number of amides is 1. The van der Waals surface area contributed by atoms with Gasteiger partial charge in [0.2, 0.25) is 0 Å². The van der Waals surface area contributed by atoms with Gasteiger partial charge in [-0.3, -0.25) is 9.69 Å².